The fraction of sp³-hybridized carbons (Fsp3) is 0.458. The van der Waals surface area contributed by atoms with Crippen LogP contribution in [-0.4, -0.2) is 49.7 Å². The van der Waals surface area contributed by atoms with Gasteiger partial charge in [0.1, 0.15) is 6.10 Å². The predicted octanol–water partition coefficient (Wildman–Crippen LogP) is 3.19. The van der Waals surface area contributed by atoms with Crippen molar-refractivity contribution in [2.75, 3.05) is 37.7 Å². The maximum atomic E-state index is 12.8. The molecule has 2 aliphatic rings. The van der Waals surface area contributed by atoms with Crippen LogP contribution in [0.2, 0.25) is 0 Å². The molecule has 29 heavy (non-hydrogen) atoms. The first-order valence-corrected chi connectivity index (χ1v) is 10.8. The smallest absolute Gasteiger partial charge is 0.250 e. The molecule has 154 valence electrons. The molecule has 1 atom stereocenters. The topological polar surface area (TPSA) is 44.8 Å². The molecule has 2 heterocycles. The molecule has 4 rings (SSSR count). The first kappa shape index (κ1) is 19.9. The molecule has 2 aromatic rings. The van der Waals surface area contributed by atoms with E-state index in [4.69, 9.17) is 4.74 Å². The van der Waals surface area contributed by atoms with Gasteiger partial charge in [-0.05, 0) is 36.5 Å². The molecule has 0 aromatic heterocycles. The van der Waals surface area contributed by atoms with Crippen LogP contribution in [0, 0.1) is 0 Å². The Labute approximate surface area is 173 Å². The van der Waals surface area contributed by atoms with Gasteiger partial charge in [-0.2, -0.15) is 0 Å². The van der Waals surface area contributed by atoms with Crippen molar-refractivity contribution < 1.29 is 9.53 Å². The number of hydrogen-bond acceptors (Lipinski definition) is 4. The first-order valence-electron chi connectivity index (χ1n) is 10.8. The minimum absolute atomic E-state index is 0.0174. The highest BCUT2D eigenvalue weighted by atomic mass is 16.5. The lowest BCUT2D eigenvalue weighted by atomic mass is 10.1. The number of morpholine rings is 1. The summed E-state index contributed by atoms with van der Waals surface area (Å²) in [7, 11) is 0. The Morgan fingerprint density at radius 2 is 1.72 bits per heavy atom. The molecule has 2 aromatic carbocycles. The van der Waals surface area contributed by atoms with Gasteiger partial charge in [-0.25, -0.2) is 0 Å². The van der Waals surface area contributed by atoms with E-state index >= 15 is 0 Å². The van der Waals surface area contributed by atoms with Crippen molar-refractivity contribution in [1.82, 2.24) is 10.2 Å². The van der Waals surface area contributed by atoms with Gasteiger partial charge >= 0.3 is 0 Å². The van der Waals surface area contributed by atoms with E-state index in [1.54, 1.807) is 0 Å². The summed E-state index contributed by atoms with van der Waals surface area (Å²) >= 11 is 0. The van der Waals surface area contributed by atoms with Crippen LogP contribution in [0.5, 0.6) is 0 Å². The molecule has 5 heteroatoms. The summed E-state index contributed by atoms with van der Waals surface area (Å²) in [5.74, 6) is -0.0174. The van der Waals surface area contributed by atoms with Crippen LogP contribution in [0.25, 0.3) is 0 Å². The largest absolute Gasteiger partial charge is 0.371 e. The summed E-state index contributed by atoms with van der Waals surface area (Å²) in [5, 5.41) is 3.12. The lowest BCUT2D eigenvalue weighted by molar-refractivity contribution is -0.139. The van der Waals surface area contributed by atoms with E-state index in [2.05, 4.69) is 57.6 Å². The number of rotatable bonds is 6. The maximum Gasteiger partial charge on any atom is 0.250 e. The fourth-order valence-electron chi connectivity index (χ4n) is 4.25. The van der Waals surface area contributed by atoms with Gasteiger partial charge in [-0.3, -0.25) is 9.69 Å². The average Bonchev–Trinajstić information content (AvgIpc) is 2.79. The number of nitrogens with one attached hydrogen (secondary N) is 1. The minimum Gasteiger partial charge on any atom is -0.371 e. The van der Waals surface area contributed by atoms with Gasteiger partial charge in [0, 0.05) is 45.0 Å². The van der Waals surface area contributed by atoms with Crippen LogP contribution >= 0.6 is 0 Å². The highest BCUT2D eigenvalue weighted by Gasteiger charge is 2.26. The molecular weight excluding hydrogens is 362 g/mol. The number of amides is 1. The number of benzene rings is 2. The Morgan fingerprint density at radius 3 is 2.55 bits per heavy atom. The van der Waals surface area contributed by atoms with E-state index in [0.717, 1.165) is 26.2 Å². The zero-order chi connectivity index (χ0) is 19.9. The molecule has 0 aliphatic carbocycles. The number of piperidine rings is 1. The van der Waals surface area contributed by atoms with Crippen molar-refractivity contribution in [2.24, 2.45) is 0 Å². The Morgan fingerprint density at radius 1 is 0.966 bits per heavy atom. The van der Waals surface area contributed by atoms with E-state index in [1.165, 1.54) is 36.1 Å². The molecule has 0 radical (unpaired) electrons. The molecule has 1 N–H and O–H groups in total. The van der Waals surface area contributed by atoms with Crippen molar-refractivity contribution in [3.63, 3.8) is 0 Å². The minimum atomic E-state index is -0.408. The van der Waals surface area contributed by atoms with Crippen molar-refractivity contribution in [3.8, 4) is 0 Å². The van der Waals surface area contributed by atoms with E-state index in [1.807, 2.05) is 12.1 Å². The third-order valence-electron chi connectivity index (χ3n) is 5.83. The molecule has 0 bridgehead atoms. The van der Waals surface area contributed by atoms with Gasteiger partial charge in [-0.1, -0.05) is 48.5 Å². The van der Waals surface area contributed by atoms with E-state index in [-0.39, 0.29) is 5.91 Å². The molecule has 2 fully saturated rings. The zero-order valence-corrected chi connectivity index (χ0v) is 17.1. The maximum absolute atomic E-state index is 12.8. The quantitative estimate of drug-likeness (QED) is 0.819. The van der Waals surface area contributed by atoms with Crippen molar-refractivity contribution in [1.29, 1.82) is 0 Å². The summed E-state index contributed by atoms with van der Waals surface area (Å²) in [5.41, 5.74) is 3.70. The number of carbonyl (C=O) groups excluding carboxylic acids is 1. The lowest BCUT2D eigenvalue weighted by Gasteiger charge is -2.32. The Hall–Kier alpha value is -2.37. The van der Waals surface area contributed by atoms with Crippen LogP contribution in [0.15, 0.2) is 54.6 Å². The van der Waals surface area contributed by atoms with Gasteiger partial charge in [-0.15, -0.1) is 0 Å². The monoisotopic (exact) mass is 393 g/mol. The van der Waals surface area contributed by atoms with Crippen LogP contribution < -0.4 is 10.2 Å². The number of para-hydroxylation sites is 1. The molecule has 5 nitrogen and oxygen atoms in total. The van der Waals surface area contributed by atoms with Gasteiger partial charge in [0.25, 0.3) is 5.91 Å². The SMILES string of the molecule is O=C(NCc1ccccc1N1CCCCC1)C1CN(Cc2ccccc2)CCO1. The summed E-state index contributed by atoms with van der Waals surface area (Å²) in [4.78, 5) is 17.5. The average molecular weight is 394 g/mol. The summed E-state index contributed by atoms with van der Waals surface area (Å²) in [6.07, 6.45) is 3.39. The second-order valence-electron chi connectivity index (χ2n) is 7.97. The third-order valence-corrected chi connectivity index (χ3v) is 5.83. The molecular formula is C24H31N3O2. The Bertz CT molecular complexity index is 790. The van der Waals surface area contributed by atoms with Crippen LogP contribution in [-0.2, 0) is 22.6 Å². The second-order valence-corrected chi connectivity index (χ2v) is 7.97. The summed E-state index contributed by atoms with van der Waals surface area (Å²) in [6.45, 7) is 5.69. The fourth-order valence-corrected chi connectivity index (χ4v) is 4.25. The predicted molar refractivity (Wildman–Crippen MR) is 116 cm³/mol. The highest BCUT2D eigenvalue weighted by Crippen LogP contribution is 2.24. The second kappa shape index (κ2) is 9.90. The van der Waals surface area contributed by atoms with Crippen LogP contribution in [0.3, 0.4) is 0 Å². The molecule has 0 spiro atoms. The molecule has 2 saturated heterocycles. The first-order chi connectivity index (χ1) is 14.3. The molecule has 1 amide bonds. The van der Waals surface area contributed by atoms with Gasteiger partial charge in [0.05, 0.1) is 6.61 Å². The van der Waals surface area contributed by atoms with Crippen LogP contribution in [0.1, 0.15) is 30.4 Å². The summed E-state index contributed by atoms with van der Waals surface area (Å²) < 4.78 is 5.78. The van der Waals surface area contributed by atoms with Crippen molar-refractivity contribution in [2.45, 2.75) is 38.5 Å². The zero-order valence-electron chi connectivity index (χ0n) is 17.1. The third kappa shape index (κ3) is 5.37. The number of hydrogen-bond donors (Lipinski definition) is 1. The summed E-state index contributed by atoms with van der Waals surface area (Å²) in [6, 6.07) is 18.8. The van der Waals surface area contributed by atoms with Gasteiger partial charge < -0.3 is 15.0 Å². The molecule has 1 unspecified atom stereocenters. The number of anilines is 1. The van der Waals surface area contributed by atoms with E-state index in [0.29, 0.717) is 19.7 Å². The standard InChI is InChI=1S/C24H31N3O2/c28-24(23-19-26(15-16-29-23)18-20-9-3-1-4-10-20)25-17-21-11-5-6-12-22(21)27-13-7-2-8-14-27/h1,3-6,9-12,23H,2,7-8,13-19H2,(H,25,28). The highest BCUT2D eigenvalue weighted by molar-refractivity contribution is 5.81. The lowest BCUT2D eigenvalue weighted by Crippen LogP contribution is -2.49. The number of carbonyl (C=O) groups is 1. The number of nitrogens with zero attached hydrogens (tertiary/aromatic N) is 2. The molecule has 2 aliphatic heterocycles. The molecule has 0 saturated carbocycles. The van der Waals surface area contributed by atoms with Crippen LogP contribution in [0.4, 0.5) is 5.69 Å². The normalized spacial score (nSPS) is 20.4. The van der Waals surface area contributed by atoms with Gasteiger partial charge in [0.2, 0.25) is 0 Å². The van der Waals surface area contributed by atoms with Gasteiger partial charge in [0.15, 0.2) is 0 Å². The van der Waals surface area contributed by atoms with E-state index in [9.17, 15) is 4.79 Å². The number of ether oxygens (including phenoxy) is 1. The van der Waals surface area contributed by atoms with Crippen molar-refractivity contribution in [3.05, 3.63) is 65.7 Å². The Kier molecular flexibility index (Phi) is 6.80. The Balaban J connectivity index is 1.32. The van der Waals surface area contributed by atoms with E-state index < -0.39 is 6.10 Å². The van der Waals surface area contributed by atoms with Crippen molar-refractivity contribution >= 4 is 11.6 Å².